The van der Waals surface area contributed by atoms with Crippen LogP contribution in [0.5, 0.6) is 0 Å². The van der Waals surface area contributed by atoms with Gasteiger partial charge in [0.05, 0.1) is 16.9 Å². The highest BCUT2D eigenvalue weighted by Crippen LogP contribution is 2.22. The molecule has 1 N–H and O–H groups in total. The first-order valence-electron chi connectivity index (χ1n) is 7.07. The largest absolute Gasteiger partial charge is 0.338 e. The van der Waals surface area contributed by atoms with Crippen LogP contribution in [-0.4, -0.2) is 19.7 Å². The molecule has 0 amide bonds. The van der Waals surface area contributed by atoms with Gasteiger partial charge in [0, 0.05) is 42.3 Å². The van der Waals surface area contributed by atoms with Crippen molar-refractivity contribution in [3.8, 4) is 5.69 Å². The minimum atomic E-state index is -0.374. The van der Waals surface area contributed by atoms with Crippen LogP contribution >= 0.6 is 0 Å². The van der Waals surface area contributed by atoms with Gasteiger partial charge in [0.1, 0.15) is 11.6 Å². The van der Waals surface area contributed by atoms with Crippen LogP contribution in [0.1, 0.15) is 0 Å². The Morgan fingerprint density at radius 2 is 1.96 bits per heavy atom. The van der Waals surface area contributed by atoms with Crippen molar-refractivity contribution < 1.29 is 4.39 Å². The summed E-state index contributed by atoms with van der Waals surface area (Å²) in [7, 11) is 0. The van der Waals surface area contributed by atoms with Gasteiger partial charge in [-0.25, -0.2) is 14.1 Å². The van der Waals surface area contributed by atoms with Gasteiger partial charge in [-0.3, -0.25) is 4.98 Å². The standard InChI is InChI=1S/C17H12FN5/c18-14-9-13(23-8-2-7-21-23)4-5-15(14)22-17-10-16-12(11-20-17)3-1-6-19-16/h1-11H,(H,20,22). The fraction of sp³-hybridized carbons (Fsp3) is 0. The Bertz CT molecular complexity index is 966. The van der Waals surface area contributed by atoms with E-state index in [0.717, 1.165) is 10.9 Å². The minimum Gasteiger partial charge on any atom is -0.338 e. The lowest BCUT2D eigenvalue weighted by molar-refractivity contribution is 0.629. The summed E-state index contributed by atoms with van der Waals surface area (Å²) < 4.78 is 15.9. The number of anilines is 2. The fourth-order valence-corrected chi connectivity index (χ4v) is 2.34. The summed E-state index contributed by atoms with van der Waals surface area (Å²) >= 11 is 0. The molecule has 0 spiro atoms. The number of nitrogens with one attached hydrogen (secondary N) is 1. The van der Waals surface area contributed by atoms with Crippen molar-refractivity contribution in [1.82, 2.24) is 19.7 Å². The van der Waals surface area contributed by atoms with E-state index in [9.17, 15) is 4.39 Å². The first-order chi connectivity index (χ1) is 11.3. The zero-order chi connectivity index (χ0) is 15.6. The van der Waals surface area contributed by atoms with Crippen LogP contribution in [0.2, 0.25) is 0 Å². The number of pyridine rings is 2. The molecule has 0 saturated carbocycles. The van der Waals surface area contributed by atoms with Gasteiger partial charge in [-0.15, -0.1) is 0 Å². The average Bonchev–Trinajstić information content (AvgIpc) is 3.11. The molecule has 1 aromatic carbocycles. The van der Waals surface area contributed by atoms with Gasteiger partial charge in [-0.05, 0) is 30.3 Å². The summed E-state index contributed by atoms with van der Waals surface area (Å²) in [6.45, 7) is 0. The molecule has 0 fully saturated rings. The van der Waals surface area contributed by atoms with Crippen molar-refractivity contribution in [2.45, 2.75) is 0 Å². The van der Waals surface area contributed by atoms with E-state index >= 15 is 0 Å². The SMILES string of the molecule is Fc1cc(-n2cccn2)ccc1Nc1cc2ncccc2cn1. The molecule has 23 heavy (non-hydrogen) atoms. The second-order valence-corrected chi connectivity index (χ2v) is 5.01. The van der Waals surface area contributed by atoms with Gasteiger partial charge in [0.25, 0.3) is 0 Å². The lowest BCUT2D eigenvalue weighted by Gasteiger charge is -2.09. The molecule has 3 aromatic heterocycles. The Kier molecular flexibility index (Phi) is 3.20. The predicted octanol–water partition coefficient (Wildman–Crippen LogP) is 3.70. The van der Waals surface area contributed by atoms with Crippen molar-refractivity contribution >= 4 is 22.4 Å². The van der Waals surface area contributed by atoms with E-state index < -0.39 is 0 Å². The van der Waals surface area contributed by atoms with Crippen molar-refractivity contribution in [3.63, 3.8) is 0 Å². The maximum Gasteiger partial charge on any atom is 0.148 e. The normalized spacial score (nSPS) is 10.8. The third-order valence-corrected chi connectivity index (χ3v) is 3.47. The van der Waals surface area contributed by atoms with Crippen LogP contribution < -0.4 is 5.32 Å². The van der Waals surface area contributed by atoms with Crippen LogP contribution in [0.4, 0.5) is 15.9 Å². The third-order valence-electron chi connectivity index (χ3n) is 3.47. The van der Waals surface area contributed by atoms with Crippen molar-refractivity contribution in [2.75, 3.05) is 5.32 Å². The monoisotopic (exact) mass is 305 g/mol. The average molecular weight is 305 g/mol. The summed E-state index contributed by atoms with van der Waals surface area (Å²) in [5.74, 6) is 0.169. The highest BCUT2D eigenvalue weighted by atomic mass is 19.1. The number of hydrogen-bond donors (Lipinski definition) is 1. The third kappa shape index (κ3) is 2.62. The minimum absolute atomic E-state index is 0.351. The first-order valence-corrected chi connectivity index (χ1v) is 7.07. The summed E-state index contributed by atoms with van der Waals surface area (Å²) in [5.41, 5.74) is 1.81. The Morgan fingerprint density at radius 1 is 1.00 bits per heavy atom. The smallest absolute Gasteiger partial charge is 0.148 e. The molecule has 0 unspecified atom stereocenters. The Balaban J connectivity index is 1.65. The molecule has 0 atom stereocenters. The number of halogens is 1. The second-order valence-electron chi connectivity index (χ2n) is 5.01. The van der Waals surface area contributed by atoms with Crippen LogP contribution in [0.15, 0.2) is 67.3 Å². The molecule has 0 aliphatic heterocycles. The highest BCUT2D eigenvalue weighted by Gasteiger charge is 2.07. The molecular weight excluding hydrogens is 293 g/mol. The van der Waals surface area contributed by atoms with E-state index in [0.29, 0.717) is 17.2 Å². The summed E-state index contributed by atoms with van der Waals surface area (Å²) in [6, 6.07) is 12.2. The number of rotatable bonds is 3. The molecule has 0 radical (unpaired) electrons. The van der Waals surface area contributed by atoms with E-state index in [1.165, 1.54) is 6.07 Å². The Morgan fingerprint density at radius 3 is 2.78 bits per heavy atom. The number of aromatic nitrogens is 4. The predicted molar refractivity (Wildman–Crippen MR) is 86.3 cm³/mol. The molecule has 0 aliphatic carbocycles. The second kappa shape index (κ2) is 5.49. The molecule has 0 aliphatic rings. The van der Waals surface area contributed by atoms with Crippen LogP contribution in [0, 0.1) is 5.82 Å². The number of hydrogen-bond acceptors (Lipinski definition) is 4. The van der Waals surface area contributed by atoms with E-state index in [1.807, 2.05) is 12.1 Å². The van der Waals surface area contributed by atoms with Crippen LogP contribution in [-0.2, 0) is 0 Å². The van der Waals surface area contributed by atoms with Crippen molar-refractivity contribution in [1.29, 1.82) is 0 Å². The summed E-state index contributed by atoms with van der Waals surface area (Å²) in [5, 5.41) is 8.00. The highest BCUT2D eigenvalue weighted by molar-refractivity contribution is 5.80. The number of fused-ring (bicyclic) bond motifs is 1. The van der Waals surface area contributed by atoms with E-state index in [2.05, 4.69) is 20.4 Å². The van der Waals surface area contributed by atoms with Gasteiger partial charge >= 0.3 is 0 Å². The maximum atomic E-state index is 14.3. The molecule has 112 valence electrons. The molecule has 3 heterocycles. The Hall–Kier alpha value is -3.28. The van der Waals surface area contributed by atoms with Gasteiger partial charge in [-0.2, -0.15) is 5.10 Å². The molecule has 5 nitrogen and oxygen atoms in total. The van der Waals surface area contributed by atoms with Crippen LogP contribution in [0.25, 0.3) is 16.6 Å². The van der Waals surface area contributed by atoms with Crippen LogP contribution in [0.3, 0.4) is 0 Å². The van der Waals surface area contributed by atoms with Gasteiger partial charge in [-0.1, -0.05) is 0 Å². The quantitative estimate of drug-likeness (QED) is 0.627. The lowest BCUT2D eigenvalue weighted by atomic mass is 10.2. The van der Waals surface area contributed by atoms with Gasteiger partial charge in [0.15, 0.2) is 0 Å². The molecular formula is C17H12FN5. The van der Waals surface area contributed by atoms with E-state index in [-0.39, 0.29) is 5.82 Å². The van der Waals surface area contributed by atoms with Gasteiger partial charge < -0.3 is 5.32 Å². The molecule has 6 heteroatoms. The van der Waals surface area contributed by atoms with Crippen molar-refractivity contribution in [2.24, 2.45) is 0 Å². The van der Waals surface area contributed by atoms with E-state index in [1.54, 1.807) is 53.7 Å². The van der Waals surface area contributed by atoms with Gasteiger partial charge in [0.2, 0.25) is 0 Å². The lowest BCUT2D eigenvalue weighted by Crippen LogP contribution is -1.99. The molecule has 0 saturated heterocycles. The molecule has 4 rings (SSSR count). The fourth-order valence-electron chi connectivity index (χ4n) is 2.34. The molecule has 0 bridgehead atoms. The summed E-state index contributed by atoms with van der Waals surface area (Å²) in [4.78, 5) is 8.55. The Labute approximate surface area is 131 Å². The summed E-state index contributed by atoms with van der Waals surface area (Å²) in [6.07, 6.45) is 6.83. The van der Waals surface area contributed by atoms with E-state index in [4.69, 9.17) is 0 Å². The van der Waals surface area contributed by atoms with Crippen molar-refractivity contribution in [3.05, 3.63) is 73.1 Å². The first kappa shape index (κ1) is 13.4. The number of nitrogens with zero attached hydrogens (tertiary/aromatic N) is 4. The number of benzene rings is 1. The topological polar surface area (TPSA) is 55.6 Å². The zero-order valence-corrected chi connectivity index (χ0v) is 12.0. The maximum absolute atomic E-state index is 14.3. The zero-order valence-electron chi connectivity index (χ0n) is 12.0. The molecule has 4 aromatic rings.